The first-order valence-corrected chi connectivity index (χ1v) is 10.6. The van der Waals surface area contributed by atoms with E-state index in [9.17, 15) is 4.79 Å². The molecule has 1 aromatic heterocycles. The normalized spacial score (nSPS) is 18.7. The number of carbonyl (C=O) groups excluding carboxylic acids is 1. The van der Waals surface area contributed by atoms with Gasteiger partial charge in [-0.3, -0.25) is 4.79 Å². The summed E-state index contributed by atoms with van der Waals surface area (Å²) in [7, 11) is 0. The standard InChI is InChI=1S/C24H29N3O3/c1-15(2)23-25-16(3)11-22(26-23)30-14-19-13-27(9-10-29-19)24(28)21-12-18-7-5-6-8-20(18)17(21)4/h5-8,11,15,19H,9-10,12-14H2,1-4H3. The third kappa shape index (κ3) is 4.24. The van der Waals surface area contributed by atoms with Gasteiger partial charge in [-0.05, 0) is 30.5 Å². The van der Waals surface area contributed by atoms with Crippen LogP contribution in [0.2, 0.25) is 0 Å². The average molecular weight is 408 g/mol. The molecule has 0 spiro atoms. The largest absolute Gasteiger partial charge is 0.475 e. The van der Waals surface area contributed by atoms with Crippen molar-refractivity contribution in [2.24, 2.45) is 0 Å². The molecule has 1 saturated heterocycles. The summed E-state index contributed by atoms with van der Waals surface area (Å²) < 4.78 is 11.8. The third-order valence-corrected chi connectivity index (χ3v) is 5.71. The van der Waals surface area contributed by atoms with Crippen LogP contribution < -0.4 is 4.74 Å². The first kappa shape index (κ1) is 20.5. The van der Waals surface area contributed by atoms with Gasteiger partial charge in [-0.2, -0.15) is 4.98 Å². The van der Waals surface area contributed by atoms with Gasteiger partial charge in [0, 0.05) is 36.2 Å². The van der Waals surface area contributed by atoms with Gasteiger partial charge in [0.25, 0.3) is 5.91 Å². The number of benzene rings is 1. The van der Waals surface area contributed by atoms with Gasteiger partial charge in [-0.15, -0.1) is 0 Å². The van der Waals surface area contributed by atoms with Gasteiger partial charge in [0.15, 0.2) is 0 Å². The summed E-state index contributed by atoms with van der Waals surface area (Å²) in [5, 5.41) is 0. The molecule has 0 saturated carbocycles. The highest BCUT2D eigenvalue weighted by atomic mass is 16.5. The second-order valence-electron chi connectivity index (χ2n) is 8.35. The Morgan fingerprint density at radius 3 is 2.83 bits per heavy atom. The fraction of sp³-hybridized carbons (Fsp3) is 0.458. The van der Waals surface area contributed by atoms with Crippen molar-refractivity contribution in [2.45, 2.75) is 46.1 Å². The average Bonchev–Trinajstić information content (AvgIpc) is 3.08. The maximum absolute atomic E-state index is 13.2. The molecular weight excluding hydrogens is 378 g/mol. The SMILES string of the molecule is CC1=C(C(=O)N2CCOC(COc3cc(C)nc(C(C)C)n3)C2)Cc2ccccc21. The summed E-state index contributed by atoms with van der Waals surface area (Å²) in [5.41, 5.74) is 5.28. The number of fused-ring (bicyclic) bond motifs is 1. The summed E-state index contributed by atoms with van der Waals surface area (Å²) in [5.74, 6) is 1.67. The molecule has 2 aromatic rings. The number of morpholine rings is 1. The van der Waals surface area contributed by atoms with Crippen molar-refractivity contribution in [2.75, 3.05) is 26.3 Å². The lowest BCUT2D eigenvalue weighted by molar-refractivity contribution is -0.135. The molecule has 2 heterocycles. The summed E-state index contributed by atoms with van der Waals surface area (Å²) in [6, 6.07) is 10.1. The highest BCUT2D eigenvalue weighted by molar-refractivity contribution is 6.03. The topological polar surface area (TPSA) is 64.6 Å². The fourth-order valence-electron chi connectivity index (χ4n) is 4.03. The summed E-state index contributed by atoms with van der Waals surface area (Å²) >= 11 is 0. The van der Waals surface area contributed by atoms with E-state index in [4.69, 9.17) is 9.47 Å². The molecule has 2 aliphatic rings. The number of carbonyl (C=O) groups is 1. The molecule has 1 fully saturated rings. The third-order valence-electron chi connectivity index (χ3n) is 5.71. The molecule has 1 aliphatic carbocycles. The number of allylic oxidation sites excluding steroid dienone is 1. The Hall–Kier alpha value is -2.73. The molecule has 6 nitrogen and oxygen atoms in total. The summed E-state index contributed by atoms with van der Waals surface area (Å²) in [6.07, 6.45) is 0.530. The lowest BCUT2D eigenvalue weighted by Gasteiger charge is -2.33. The Morgan fingerprint density at radius 2 is 2.07 bits per heavy atom. The van der Waals surface area contributed by atoms with Crippen LogP contribution in [0.1, 0.15) is 49.3 Å². The molecule has 1 atom stereocenters. The minimum Gasteiger partial charge on any atom is -0.475 e. The molecule has 0 bridgehead atoms. The molecule has 0 radical (unpaired) electrons. The molecule has 0 N–H and O–H groups in total. The van der Waals surface area contributed by atoms with Crippen molar-refractivity contribution in [1.82, 2.24) is 14.9 Å². The molecule has 4 rings (SSSR count). The van der Waals surface area contributed by atoms with Crippen molar-refractivity contribution in [3.8, 4) is 5.88 Å². The number of rotatable bonds is 5. The van der Waals surface area contributed by atoms with E-state index < -0.39 is 0 Å². The lowest BCUT2D eigenvalue weighted by Crippen LogP contribution is -2.48. The van der Waals surface area contributed by atoms with Crippen LogP contribution in [0, 0.1) is 6.92 Å². The van der Waals surface area contributed by atoms with E-state index in [1.54, 1.807) is 0 Å². The maximum atomic E-state index is 13.2. The van der Waals surface area contributed by atoms with Gasteiger partial charge in [0.1, 0.15) is 18.5 Å². The quantitative estimate of drug-likeness (QED) is 0.759. The number of aromatic nitrogens is 2. The molecule has 30 heavy (non-hydrogen) atoms. The Bertz CT molecular complexity index is 983. The van der Waals surface area contributed by atoms with Crippen molar-refractivity contribution in [3.63, 3.8) is 0 Å². The molecule has 1 unspecified atom stereocenters. The van der Waals surface area contributed by atoms with Gasteiger partial charge in [0.05, 0.1) is 13.2 Å². The molecule has 1 aromatic carbocycles. The predicted octanol–water partition coefficient (Wildman–Crippen LogP) is 3.54. The number of aryl methyl sites for hydroxylation is 1. The summed E-state index contributed by atoms with van der Waals surface area (Å²) in [4.78, 5) is 24.1. The zero-order valence-corrected chi connectivity index (χ0v) is 18.1. The monoisotopic (exact) mass is 407 g/mol. The van der Waals surface area contributed by atoms with Gasteiger partial charge in [0.2, 0.25) is 5.88 Å². The lowest BCUT2D eigenvalue weighted by atomic mass is 10.1. The molecule has 1 amide bonds. The second-order valence-corrected chi connectivity index (χ2v) is 8.35. The number of hydrogen-bond acceptors (Lipinski definition) is 5. The van der Waals surface area contributed by atoms with E-state index in [1.165, 1.54) is 11.1 Å². The number of hydrogen-bond donors (Lipinski definition) is 0. The van der Waals surface area contributed by atoms with E-state index in [1.807, 2.05) is 36.9 Å². The minimum atomic E-state index is -0.176. The smallest absolute Gasteiger partial charge is 0.250 e. The molecule has 1 aliphatic heterocycles. The van der Waals surface area contributed by atoms with Gasteiger partial charge in [-0.1, -0.05) is 38.1 Å². The molecule has 6 heteroatoms. The Labute approximate surface area is 177 Å². The van der Waals surface area contributed by atoms with E-state index >= 15 is 0 Å². The number of nitrogens with zero attached hydrogens (tertiary/aromatic N) is 3. The van der Waals surface area contributed by atoms with Gasteiger partial charge >= 0.3 is 0 Å². The van der Waals surface area contributed by atoms with Crippen molar-refractivity contribution in [1.29, 1.82) is 0 Å². The zero-order valence-electron chi connectivity index (χ0n) is 18.1. The zero-order chi connectivity index (χ0) is 21.3. The van der Waals surface area contributed by atoms with Crippen LogP contribution in [0.4, 0.5) is 0 Å². The number of amides is 1. The van der Waals surface area contributed by atoms with Gasteiger partial charge < -0.3 is 14.4 Å². The van der Waals surface area contributed by atoms with E-state index in [0.29, 0.717) is 38.6 Å². The van der Waals surface area contributed by atoms with Crippen LogP contribution in [-0.4, -0.2) is 53.2 Å². The van der Waals surface area contributed by atoms with E-state index in [2.05, 4.69) is 35.9 Å². The second kappa shape index (κ2) is 8.56. The number of ether oxygens (including phenoxy) is 2. The Morgan fingerprint density at radius 1 is 1.27 bits per heavy atom. The first-order chi connectivity index (χ1) is 14.4. The van der Waals surface area contributed by atoms with Crippen molar-refractivity contribution >= 4 is 11.5 Å². The van der Waals surface area contributed by atoms with Crippen molar-refractivity contribution in [3.05, 3.63) is 58.6 Å². The van der Waals surface area contributed by atoms with Gasteiger partial charge in [-0.25, -0.2) is 4.98 Å². The van der Waals surface area contributed by atoms with Crippen LogP contribution in [0.15, 0.2) is 35.9 Å². The minimum absolute atomic E-state index is 0.108. The van der Waals surface area contributed by atoms with Crippen molar-refractivity contribution < 1.29 is 14.3 Å². The fourth-order valence-corrected chi connectivity index (χ4v) is 4.03. The molecular formula is C24H29N3O3. The van der Waals surface area contributed by atoms with E-state index in [-0.39, 0.29) is 17.9 Å². The maximum Gasteiger partial charge on any atom is 0.250 e. The van der Waals surface area contributed by atoms with E-state index in [0.717, 1.165) is 22.7 Å². The highest BCUT2D eigenvalue weighted by Crippen LogP contribution is 2.33. The van der Waals surface area contributed by atoms with Crippen LogP contribution in [-0.2, 0) is 16.0 Å². The first-order valence-electron chi connectivity index (χ1n) is 10.6. The van der Waals surface area contributed by atoms with Crippen LogP contribution >= 0.6 is 0 Å². The predicted molar refractivity (Wildman–Crippen MR) is 115 cm³/mol. The highest BCUT2D eigenvalue weighted by Gasteiger charge is 2.30. The van der Waals surface area contributed by atoms with Crippen LogP contribution in [0.3, 0.4) is 0 Å². The Balaban J connectivity index is 1.40. The van der Waals surface area contributed by atoms with Crippen LogP contribution in [0.25, 0.3) is 5.57 Å². The Kier molecular flexibility index (Phi) is 5.86. The molecule has 158 valence electrons. The van der Waals surface area contributed by atoms with Crippen LogP contribution in [0.5, 0.6) is 5.88 Å². The summed E-state index contributed by atoms with van der Waals surface area (Å²) in [6.45, 7) is 10.1.